The van der Waals surface area contributed by atoms with Crippen LogP contribution in [0.5, 0.6) is 0 Å². The van der Waals surface area contributed by atoms with Gasteiger partial charge in [0.25, 0.3) is 0 Å². The first-order valence-electron chi connectivity index (χ1n) is 6.82. The van der Waals surface area contributed by atoms with Crippen molar-refractivity contribution in [1.82, 2.24) is 9.80 Å². The number of ether oxygens (including phenoxy) is 1. The molecule has 2 heterocycles. The molecule has 0 radical (unpaired) electrons. The second-order valence-corrected chi connectivity index (χ2v) is 5.07. The zero-order valence-electron chi connectivity index (χ0n) is 11.2. The summed E-state index contributed by atoms with van der Waals surface area (Å²) in [5.74, 6) is 0.184. The number of rotatable bonds is 4. The lowest BCUT2D eigenvalue weighted by Gasteiger charge is -2.44. The molecule has 5 nitrogen and oxygen atoms in total. The molecule has 5 heteroatoms. The number of fused-ring (bicyclic) bond motifs is 1. The number of piperidine rings is 1. The van der Waals surface area contributed by atoms with Crippen molar-refractivity contribution in [3.05, 3.63) is 0 Å². The zero-order valence-corrected chi connectivity index (χ0v) is 11.2. The van der Waals surface area contributed by atoms with Crippen LogP contribution in [-0.2, 0) is 14.3 Å². The Bertz CT molecular complexity index is 332. The summed E-state index contributed by atoms with van der Waals surface area (Å²) in [6, 6.07) is -0.241. The van der Waals surface area contributed by atoms with E-state index in [1.807, 2.05) is 13.8 Å². The zero-order chi connectivity index (χ0) is 13.1. The number of amides is 2. The van der Waals surface area contributed by atoms with E-state index in [-0.39, 0.29) is 30.4 Å². The lowest BCUT2D eigenvalue weighted by atomic mass is 9.97. The van der Waals surface area contributed by atoms with E-state index in [9.17, 15) is 9.59 Å². The normalized spacial score (nSPS) is 26.2. The van der Waals surface area contributed by atoms with Crippen molar-refractivity contribution < 1.29 is 14.3 Å². The van der Waals surface area contributed by atoms with Crippen LogP contribution in [0.3, 0.4) is 0 Å². The van der Waals surface area contributed by atoms with Gasteiger partial charge in [0, 0.05) is 13.2 Å². The highest BCUT2D eigenvalue weighted by atomic mass is 16.5. The van der Waals surface area contributed by atoms with Gasteiger partial charge < -0.3 is 14.5 Å². The monoisotopic (exact) mass is 254 g/mol. The van der Waals surface area contributed by atoms with Gasteiger partial charge in [-0.05, 0) is 33.1 Å². The molecule has 0 spiro atoms. The molecule has 2 amide bonds. The first kappa shape index (κ1) is 13.3. The highest BCUT2D eigenvalue weighted by Gasteiger charge is 2.41. The van der Waals surface area contributed by atoms with Gasteiger partial charge in [-0.15, -0.1) is 0 Å². The largest absolute Gasteiger partial charge is 0.380 e. The van der Waals surface area contributed by atoms with E-state index in [1.54, 1.807) is 9.80 Å². The van der Waals surface area contributed by atoms with E-state index in [1.165, 1.54) is 0 Å². The molecule has 0 N–H and O–H groups in total. The smallest absolute Gasteiger partial charge is 0.246 e. The van der Waals surface area contributed by atoms with Crippen LogP contribution in [-0.4, -0.2) is 60.0 Å². The molecule has 102 valence electrons. The maximum Gasteiger partial charge on any atom is 0.246 e. The van der Waals surface area contributed by atoms with Crippen molar-refractivity contribution >= 4 is 11.8 Å². The van der Waals surface area contributed by atoms with Gasteiger partial charge in [-0.2, -0.15) is 0 Å². The van der Waals surface area contributed by atoms with Crippen molar-refractivity contribution in [3.63, 3.8) is 0 Å². The summed E-state index contributed by atoms with van der Waals surface area (Å²) in [4.78, 5) is 27.9. The minimum atomic E-state index is -0.218. The Morgan fingerprint density at radius 3 is 2.89 bits per heavy atom. The molecule has 2 unspecified atom stereocenters. The number of piperazine rings is 1. The molecule has 0 aromatic carbocycles. The van der Waals surface area contributed by atoms with Crippen LogP contribution in [0, 0.1) is 0 Å². The van der Waals surface area contributed by atoms with Gasteiger partial charge in [0.15, 0.2) is 0 Å². The predicted octanol–water partition coefficient (Wildman–Crippen LogP) is 0.635. The minimum Gasteiger partial charge on any atom is -0.380 e. The molecule has 2 fully saturated rings. The van der Waals surface area contributed by atoms with E-state index in [0.717, 1.165) is 25.8 Å². The van der Waals surface area contributed by atoms with Gasteiger partial charge in [-0.25, -0.2) is 0 Å². The number of hydrogen-bond donors (Lipinski definition) is 0. The molecule has 0 saturated carbocycles. The van der Waals surface area contributed by atoms with Crippen LogP contribution in [0.4, 0.5) is 0 Å². The first-order valence-corrected chi connectivity index (χ1v) is 6.82. The van der Waals surface area contributed by atoms with E-state index in [2.05, 4.69) is 0 Å². The Kier molecular flexibility index (Phi) is 4.22. The molecule has 2 aliphatic rings. The molecule has 2 saturated heterocycles. The van der Waals surface area contributed by atoms with Crippen LogP contribution < -0.4 is 0 Å². The molecule has 0 aliphatic carbocycles. The van der Waals surface area contributed by atoms with Crippen molar-refractivity contribution in [1.29, 1.82) is 0 Å². The van der Waals surface area contributed by atoms with Crippen molar-refractivity contribution in [2.24, 2.45) is 0 Å². The summed E-state index contributed by atoms with van der Waals surface area (Å²) >= 11 is 0. The van der Waals surface area contributed by atoms with E-state index < -0.39 is 0 Å². The maximum absolute atomic E-state index is 12.4. The van der Waals surface area contributed by atoms with Crippen molar-refractivity contribution in [3.8, 4) is 0 Å². The Labute approximate surface area is 108 Å². The number of nitrogens with zero attached hydrogens (tertiary/aromatic N) is 2. The fourth-order valence-electron chi connectivity index (χ4n) is 2.74. The molecular formula is C13H22N2O3. The van der Waals surface area contributed by atoms with Crippen LogP contribution in [0.25, 0.3) is 0 Å². The molecule has 2 atom stereocenters. The fraction of sp³-hybridized carbons (Fsp3) is 0.846. The van der Waals surface area contributed by atoms with Crippen LogP contribution in [0.1, 0.15) is 33.1 Å². The fourth-order valence-corrected chi connectivity index (χ4v) is 2.74. The van der Waals surface area contributed by atoms with Gasteiger partial charge >= 0.3 is 0 Å². The molecule has 0 aromatic rings. The van der Waals surface area contributed by atoms with Crippen molar-refractivity contribution in [2.75, 3.05) is 26.3 Å². The highest BCUT2D eigenvalue weighted by molar-refractivity contribution is 5.95. The summed E-state index contributed by atoms with van der Waals surface area (Å²) in [6.07, 6.45) is 2.86. The summed E-state index contributed by atoms with van der Waals surface area (Å²) < 4.78 is 5.35. The van der Waals surface area contributed by atoms with Gasteiger partial charge in [0.1, 0.15) is 12.6 Å². The predicted molar refractivity (Wildman–Crippen MR) is 67.0 cm³/mol. The molecule has 0 aromatic heterocycles. The topological polar surface area (TPSA) is 49.9 Å². The SMILES string of the molecule is CCOCC(C)N1CC(=O)N2CCCCC2C1=O. The number of carbonyl (C=O) groups is 2. The molecule has 18 heavy (non-hydrogen) atoms. The van der Waals surface area contributed by atoms with E-state index >= 15 is 0 Å². The van der Waals surface area contributed by atoms with Gasteiger partial charge in [0.05, 0.1) is 12.6 Å². The average Bonchev–Trinajstić information content (AvgIpc) is 2.40. The average molecular weight is 254 g/mol. The Balaban J connectivity index is 2.04. The quantitative estimate of drug-likeness (QED) is 0.739. The standard InChI is InChI=1S/C13H22N2O3/c1-3-18-9-10(2)15-8-12(16)14-7-5-4-6-11(14)13(15)17/h10-11H,3-9H2,1-2H3. The summed E-state index contributed by atoms with van der Waals surface area (Å²) in [5.41, 5.74) is 0. The van der Waals surface area contributed by atoms with Gasteiger partial charge in [0.2, 0.25) is 11.8 Å². The first-order chi connectivity index (χ1) is 8.65. The molecule has 2 rings (SSSR count). The second kappa shape index (κ2) is 5.69. The Morgan fingerprint density at radius 1 is 1.39 bits per heavy atom. The van der Waals surface area contributed by atoms with Crippen LogP contribution >= 0.6 is 0 Å². The molecule has 0 bridgehead atoms. The Morgan fingerprint density at radius 2 is 2.17 bits per heavy atom. The lowest BCUT2D eigenvalue weighted by Crippen LogP contribution is -2.63. The summed E-state index contributed by atoms with van der Waals surface area (Å²) in [6.45, 7) is 5.96. The third kappa shape index (κ3) is 2.51. The lowest BCUT2D eigenvalue weighted by molar-refractivity contribution is -0.160. The summed E-state index contributed by atoms with van der Waals surface area (Å²) in [7, 11) is 0. The van der Waals surface area contributed by atoms with Crippen molar-refractivity contribution in [2.45, 2.75) is 45.2 Å². The van der Waals surface area contributed by atoms with Gasteiger partial charge in [-0.1, -0.05) is 0 Å². The minimum absolute atomic E-state index is 0.0227. The highest BCUT2D eigenvalue weighted by Crippen LogP contribution is 2.24. The van der Waals surface area contributed by atoms with E-state index in [4.69, 9.17) is 4.74 Å². The molecular weight excluding hydrogens is 232 g/mol. The molecule has 2 aliphatic heterocycles. The third-order valence-electron chi connectivity index (χ3n) is 3.79. The Hall–Kier alpha value is -1.10. The number of carbonyl (C=O) groups excluding carboxylic acids is 2. The van der Waals surface area contributed by atoms with E-state index in [0.29, 0.717) is 13.2 Å². The second-order valence-electron chi connectivity index (χ2n) is 5.07. The van der Waals surface area contributed by atoms with Crippen LogP contribution in [0.15, 0.2) is 0 Å². The maximum atomic E-state index is 12.4. The summed E-state index contributed by atoms with van der Waals surface area (Å²) in [5, 5.41) is 0. The van der Waals surface area contributed by atoms with Crippen LogP contribution in [0.2, 0.25) is 0 Å². The number of hydrogen-bond acceptors (Lipinski definition) is 3. The third-order valence-corrected chi connectivity index (χ3v) is 3.79. The van der Waals surface area contributed by atoms with Gasteiger partial charge in [-0.3, -0.25) is 9.59 Å².